The smallest absolute Gasteiger partial charge is 0.269 e. The number of benzene rings is 3. The molecular weight excluding hydrogens is 352 g/mol. The van der Waals surface area contributed by atoms with Crippen LogP contribution in [0.3, 0.4) is 0 Å². The SMILES string of the molecule is O=C(Cc1ccc([N+](=O)[O-])cc1)NCCC(c1ccccc1)c1ccccc1. The zero-order valence-corrected chi connectivity index (χ0v) is 15.5. The highest BCUT2D eigenvalue weighted by Crippen LogP contribution is 2.27. The number of amides is 1. The predicted octanol–water partition coefficient (Wildman–Crippen LogP) is 4.48. The van der Waals surface area contributed by atoms with Crippen molar-refractivity contribution in [3.8, 4) is 0 Å². The van der Waals surface area contributed by atoms with Crippen molar-refractivity contribution < 1.29 is 9.72 Å². The van der Waals surface area contributed by atoms with Crippen molar-refractivity contribution in [2.75, 3.05) is 6.54 Å². The van der Waals surface area contributed by atoms with Gasteiger partial charge in [0.05, 0.1) is 11.3 Å². The van der Waals surface area contributed by atoms with Crippen molar-refractivity contribution in [3.05, 3.63) is 112 Å². The number of nitrogens with zero attached hydrogens (tertiary/aromatic N) is 1. The Morgan fingerprint density at radius 2 is 1.39 bits per heavy atom. The second-order valence-electron chi connectivity index (χ2n) is 6.61. The molecule has 0 spiro atoms. The number of non-ortho nitro benzene ring substituents is 1. The molecule has 0 atom stereocenters. The maximum Gasteiger partial charge on any atom is 0.269 e. The Labute approximate surface area is 164 Å². The van der Waals surface area contributed by atoms with E-state index in [9.17, 15) is 14.9 Å². The van der Waals surface area contributed by atoms with Crippen LogP contribution in [0.4, 0.5) is 5.69 Å². The van der Waals surface area contributed by atoms with E-state index < -0.39 is 4.92 Å². The highest BCUT2D eigenvalue weighted by Gasteiger charge is 2.14. The van der Waals surface area contributed by atoms with E-state index in [2.05, 4.69) is 29.6 Å². The van der Waals surface area contributed by atoms with Crippen LogP contribution in [0.5, 0.6) is 0 Å². The van der Waals surface area contributed by atoms with Crippen LogP contribution in [0.25, 0.3) is 0 Å². The van der Waals surface area contributed by atoms with Crippen molar-refractivity contribution >= 4 is 11.6 Å². The third-order valence-corrected chi connectivity index (χ3v) is 4.67. The van der Waals surface area contributed by atoms with Gasteiger partial charge < -0.3 is 5.32 Å². The summed E-state index contributed by atoms with van der Waals surface area (Å²) >= 11 is 0. The van der Waals surface area contributed by atoms with Gasteiger partial charge in [-0.2, -0.15) is 0 Å². The third kappa shape index (κ3) is 5.27. The van der Waals surface area contributed by atoms with Gasteiger partial charge in [0.25, 0.3) is 5.69 Å². The standard InChI is InChI=1S/C23H22N2O3/c26-23(17-18-11-13-21(14-12-18)25(27)28)24-16-15-22(19-7-3-1-4-8-19)20-9-5-2-6-10-20/h1-14,22H,15-17H2,(H,24,26). The van der Waals surface area contributed by atoms with Gasteiger partial charge >= 0.3 is 0 Å². The average Bonchev–Trinajstić information content (AvgIpc) is 2.73. The molecule has 0 bridgehead atoms. The molecule has 0 radical (unpaired) electrons. The van der Waals surface area contributed by atoms with Gasteiger partial charge in [0, 0.05) is 24.6 Å². The van der Waals surface area contributed by atoms with Gasteiger partial charge in [-0.1, -0.05) is 72.8 Å². The highest BCUT2D eigenvalue weighted by atomic mass is 16.6. The quantitative estimate of drug-likeness (QED) is 0.467. The van der Waals surface area contributed by atoms with Crippen LogP contribution < -0.4 is 5.32 Å². The number of nitrogens with one attached hydrogen (secondary N) is 1. The lowest BCUT2D eigenvalue weighted by Crippen LogP contribution is -2.27. The van der Waals surface area contributed by atoms with E-state index in [0.717, 1.165) is 12.0 Å². The minimum atomic E-state index is -0.447. The number of rotatable bonds is 8. The molecule has 0 aliphatic carbocycles. The van der Waals surface area contributed by atoms with E-state index in [0.29, 0.717) is 6.54 Å². The molecule has 0 heterocycles. The number of hydrogen-bond acceptors (Lipinski definition) is 3. The summed E-state index contributed by atoms with van der Waals surface area (Å²) in [6, 6.07) is 26.6. The molecule has 142 valence electrons. The first-order chi connectivity index (χ1) is 13.6. The van der Waals surface area contributed by atoms with Gasteiger partial charge in [0.1, 0.15) is 0 Å². The number of nitro groups is 1. The fraction of sp³-hybridized carbons (Fsp3) is 0.174. The molecule has 0 aliphatic rings. The molecule has 3 rings (SSSR count). The highest BCUT2D eigenvalue weighted by molar-refractivity contribution is 5.78. The maximum atomic E-state index is 12.2. The molecule has 0 saturated carbocycles. The molecular formula is C23H22N2O3. The van der Waals surface area contributed by atoms with Gasteiger partial charge in [-0.25, -0.2) is 0 Å². The topological polar surface area (TPSA) is 72.2 Å². The lowest BCUT2D eigenvalue weighted by Gasteiger charge is -2.18. The van der Waals surface area contributed by atoms with Crippen LogP contribution in [0.1, 0.15) is 29.0 Å². The molecule has 0 unspecified atom stereocenters. The Morgan fingerprint density at radius 3 is 1.89 bits per heavy atom. The molecule has 5 heteroatoms. The van der Waals surface area contributed by atoms with Crippen molar-refractivity contribution in [2.24, 2.45) is 0 Å². The van der Waals surface area contributed by atoms with Crippen molar-refractivity contribution in [2.45, 2.75) is 18.8 Å². The summed E-state index contributed by atoms with van der Waals surface area (Å²) in [5.41, 5.74) is 3.22. The average molecular weight is 374 g/mol. The molecule has 1 amide bonds. The molecule has 3 aromatic carbocycles. The Morgan fingerprint density at radius 1 is 0.857 bits per heavy atom. The number of nitro benzene ring substituents is 1. The minimum Gasteiger partial charge on any atom is -0.356 e. The molecule has 0 saturated heterocycles. The molecule has 0 fully saturated rings. The van der Waals surface area contributed by atoms with E-state index in [1.807, 2.05) is 36.4 Å². The summed E-state index contributed by atoms with van der Waals surface area (Å²) in [5.74, 6) is 0.121. The Balaban J connectivity index is 1.58. The van der Waals surface area contributed by atoms with E-state index >= 15 is 0 Å². The molecule has 3 aromatic rings. The maximum absolute atomic E-state index is 12.2. The van der Waals surface area contributed by atoms with Crippen LogP contribution >= 0.6 is 0 Å². The summed E-state index contributed by atoms with van der Waals surface area (Å²) in [6.45, 7) is 0.556. The van der Waals surface area contributed by atoms with E-state index in [4.69, 9.17) is 0 Å². The Bertz CT molecular complexity index is 870. The van der Waals surface area contributed by atoms with Crippen LogP contribution in [0.15, 0.2) is 84.9 Å². The fourth-order valence-electron chi connectivity index (χ4n) is 3.24. The summed E-state index contributed by atoms with van der Waals surface area (Å²) in [4.78, 5) is 22.5. The first-order valence-corrected chi connectivity index (χ1v) is 9.23. The van der Waals surface area contributed by atoms with Gasteiger partial charge in [-0.3, -0.25) is 14.9 Å². The van der Waals surface area contributed by atoms with Gasteiger partial charge in [0.15, 0.2) is 0 Å². The van der Waals surface area contributed by atoms with Gasteiger partial charge in [-0.15, -0.1) is 0 Å². The van der Waals surface area contributed by atoms with Gasteiger partial charge in [0.2, 0.25) is 5.91 Å². The second kappa shape index (κ2) is 9.46. The van der Waals surface area contributed by atoms with Crippen molar-refractivity contribution in [3.63, 3.8) is 0 Å². The van der Waals surface area contributed by atoms with Crippen LogP contribution in [-0.4, -0.2) is 17.4 Å². The first-order valence-electron chi connectivity index (χ1n) is 9.23. The van der Waals surface area contributed by atoms with Crippen LogP contribution in [0, 0.1) is 10.1 Å². The third-order valence-electron chi connectivity index (χ3n) is 4.67. The van der Waals surface area contributed by atoms with Crippen LogP contribution in [-0.2, 0) is 11.2 Å². The largest absolute Gasteiger partial charge is 0.356 e. The second-order valence-corrected chi connectivity index (χ2v) is 6.61. The molecule has 0 aliphatic heterocycles. The fourth-order valence-corrected chi connectivity index (χ4v) is 3.24. The summed E-state index contributed by atoms with van der Waals surface area (Å²) < 4.78 is 0. The molecule has 1 N–H and O–H groups in total. The number of hydrogen-bond donors (Lipinski definition) is 1. The molecule has 5 nitrogen and oxygen atoms in total. The minimum absolute atomic E-state index is 0.0257. The van der Waals surface area contributed by atoms with E-state index in [-0.39, 0.29) is 23.9 Å². The van der Waals surface area contributed by atoms with Crippen molar-refractivity contribution in [1.29, 1.82) is 0 Å². The van der Waals surface area contributed by atoms with Crippen LogP contribution in [0.2, 0.25) is 0 Å². The normalized spacial score (nSPS) is 10.6. The van der Waals surface area contributed by atoms with Gasteiger partial charge in [-0.05, 0) is 23.1 Å². The zero-order valence-electron chi connectivity index (χ0n) is 15.5. The first kappa shape index (κ1) is 19.3. The Kier molecular flexibility index (Phi) is 6.52. The molecule has 0 aromatic heterocycles. The van der Waals surface area contributed by atoms with E-state index in [1.54, 1.807) is 12.1 Å². The molecule has 28 heavy (non-hydrogen) atoms. The predicted molar refractivity (Wildman–Crippen MR) is 109 cm³/mol. The summed E-state index contributed by atoms with van der Waals surface area (Å²) in [6.07, 6.45) is 0.999. The lowest BCUT2D eigenvalue weighted by molar-refractivity contribution is -0.384. The monoisotopic (exact) mass is 374 g/mol. The lowest BCUT2D eigenvalue weighted by atomic mass is 9.88. The summed E-state index contributed by atoms with van der Waals surface area (Å²) in [5, 5.41) is 13.7. The Hall–Kier alpha value is -3.47. The summed E-state index contributed by atoms with van der Waals surface area (Å²) in [7, 11) is 0. The van der Waals surface area contributed by atoms with E-state index in [1.165, 1.54) is 23.3 Å². The zero-order chi connectivity index (χ0) is 19.8. The number of carbonyl (C=O) groups is 1. The number of carbonyl (C=O) groups excluding carboxylic acids is 1. The van der Waals surface area contributed by atoms with Crippen molar-refractivity contribution in [1.82, 2.24) is 5.32 Å².